The van der Waals surface area contributed by atoms with Crippen LogP contribution in [0.4, 0.5) is 5.69 Å². The number of fused-ring (bicyclic) bond motifs is 1. The first-order valence-electron chi connectivity index (χ1n) is 7.28. The van der Waals surface area contributed by atoms with Crippen LogP contribution < -0.4 is 16.5 Å². The van der Waals surface area contributed by atoms with Gasteiger partial charge in [0.2, 0.25) is 0 Å². The Morgan fingerprint density at radius 1 is 1.32 bits per heavy atom. The van der Waals surface area contributed by atoms with Crippen LogP contribution in [-0.2, 0) is 0 Å². The summed E-state index contributed by atoms with van der Waals surface area (Å²) < 4.78 is 0. The lowest BCUT2D eigenvalue weighted by Crippen LogP contribution is -2.32. The number of anilines is 1. The molecule has 1 aliphatic rings. The average Bonchev–Trinajstić information content (AvgIpc) is 2.50. The van der Waals surface area contributed by atoms with E-state index in [-0.39, 0.29) is 0 Å². The number of allylic oxidation sites excluding steroid dienone is 2. The number of hydrazine groups is 1. The summed E-state index contributed by atoms with van der Waals surface area (Å²) in [5.41, 5.74) is 12.1. The molecule has 2 rings (SSSR count). The Kier molecular flexibility index (Phi) is 4.73. The number of nitrogens with zero attached hydrogens (tertiary/aromatic N) is 2. The molecule has 0 spiro atoms. The van der Waals surface area contributed by atoms with Crippen molar-refractivity contribution >= 4 is 11.4 Å². The molecule has 4 N–H and O–H groups in total. The smallest absolute Gasteiger partial charge is 0.0826 e. The number of hydrogen-bond donors (Lipinski definition) is 2. The molecule has 116 valence electrons. The van der Waals surface area contributed by atoms with Crippen molar-refractivity contribution in [1.29, 1.82) is 0 Å². The van der Waals surface area contributed by atoms with E-state index in [2.05, 4.69) is 24.6 Å². The summed E-state index contributed by atoms with van der Waals surface area (Å²) in [6.07, 6.45) is 5.89. The predicted octanol–water partition coefficient (Wildman–Crippen LogP) is 2.63. The summed E-state index contributed by atoms with van der Waals surface area (Å²) in [4.78, 5) is 2.18. The Labute approximate surface area is 132 Å². The molecule has 0 saturated heterocycles. The standard InChI is InChI=1S/C18H24N4/c1-5-9-14-13(6-2)12-21(3)16-11-8-7-10-15(16)17(19)18(14)22(4)20/h5-11H,2,12,19-20H2,1,3-4H3/b9-5-,14-13-,18-17-. The zero-order valence-corrected chi connectivity index (χ0v) is 13.5. The maximum Gasteiger partial charge on any atom is 0.0826 e. The van der Waals surface area contributed by atoms with Crippen molar-refractivity contribution < 1.29 is 0 Å². The molecule has 0 unspecified atom stereocenters. The average molecular weight is 296 g/mol. The summed E-state index contributed by atoms with van der Waals surface area (Å²) in [6.45, 7) is 6.68. The normalized spacial score (nSPS) is 22.3. The van der Waals surface area contributed by atoms with Crippen LogP contribution in [-0.4, -0.2) is 25.6 Å². The molecule has 1 aromatic carbocycles. The van der Waals surface area contributed by atoms with Crippen LogP contribution in [0, 0.1) is 0 Å². The highest BCUT2D eigenvalue weighted by molar-refractivity contribution is 5.81. The molecule has 1 aromatic rings. The third-order valence-electron chi connectivity index (χ3n) is 3.80. The van der Waals surface area contributed by atoms with Crippen molar-refractivity contribution in [2.45, 2.75) is 6.92 Å². The SMILES string of the molecule is C=C/C1=C(\C=C/C)C(/N(C)N)=C(/N)c2ccccc2N(C)C1. The van der Waals surface area contributed by atoms with Gasteiger partial charge in [-0.1, -0.05) is 43.0 Å². The minimum absolute atomic E-state index is 0.666. The quantitative estimate of drug-likeness (QED) is 0.665. The fraction of sp³-hybridized carbons (Fsp3) is 0.222. The lowest BCUT2D eigenvalue weighted by Gasteiger charge is -2.30. The van der Waals surface area contributed by atoms with Gasteiger partial charge in [-0.05, 0) is 18.6 Å². The summed E-state index contributed by atoms with van der Waals surface area (Å²) in [6, 6.07) is 8.09. The van der Waals surface area contributed by atoms with Gasteiger partial charge in [0.1, 0.15) is 0 Å². The first-order chi connectivity index (χ1) is 10.5. The van der Waals surface area contributed by atoms with Gasteiger partial charge in [0.25, 0.3) is 0 Å². The molecular weight excluding hydrogens is 272 g/mol. The molecule has 0 fully saturated rings. The van der Waals surface area contributed by atoms with Gasteiger partial charge in [0.15, 0.2) is 0 Å². The van der Waals surface area contributed by atoms with Crippen LogP contribution in [0.15, 0.2) is 65.9 Å². The van der Waals surface area contributed by atoms with Gasteiger partial charge in [-0.2, -0.15) is 0 Å². The molecule has 0 aromatic heterocycles. The van der Waals surface area contributed by atoms with Crippen LogP contribution in [0.1, 0.15) is 12.5 Å². The maximum absolute atomic E-state index is 6.49. The monoisotopic (exact) mass is 296 g/mol. The lowest BCUT2D eigenvalue weighted by atomic mass is 9.96. The Bertz CT molecular complexity index is 665. The first kappa shape index (κ1) is 15.9. The highest BCUT2D eigenvalue weighted by atomic mass is 15.4. The van der Waals surface area contributed by atoms with Gasteiger partial charge < -0.3 is 15.6 Å². The lowest BCUT2D eigenvalue weighted by molar-refractivity contribution is 0.451. The Morgan fingerprint density at radius 3 is 2.59 bits per heavy atom. The first-order valence-corrected chi connectivity index (χ1v) is 7.28. The summed E-state index contributed by atoms with van der Waals surface area (Å²) in [5, 5.41) is 1.58. The van der Waals surface area contributed by atoms with Crippen molar-refractivity contribution in [3.05, 3.63) is 71.5 Å². The fourth-order valence-corrected chi connectivity index (χ4v) is 2.79. The number of para-hydroxylation sites is 1. The van der Waals surface area contributed by atoms with Crippen LogP contribution >= 0.6 is 0 Å². The molecule has 1 heterocycles. The van der Waals surface area contributed by atoms with Crippen molar-refractivity contribution in [2.24, 2.45) is 11.6 Å². The molecule has 0 bridgehead atoms. The van der Waals surface area contributed by atoms with E-state index in [1.807, 2.05) is 43.4 Å². The number of nitrogens with two attached hydrogens (primary N) is 2. The van der Waals surface area contributed by atoms with E-state index in [1.54, 1.807) is 12.1 Å². The summed E-state index contributed by atoms with van der Waals surface area (Å²) in [5.74, 6) is 6.09. The van der Waals surface area contributed by atoms with Crippen LogP contribution in [0.2, 0.25) is 0 Å². The van der Waals surface area contributed by atoms with E-state index >= 15 is 0 Å². The van der Waals surface area contributed by atoms with Crippen molar-refractivity contribution in [1.82, 2.24) is 5.01 Å². The van der Waals surface area contributed by atoms with Gasteiger partial charge in [-0.15, -0.1) is 0 Å². The van der Waals surface area contributed by atoms with E-state index in [4.69, 9.17) is 11.6 Å². The van der Waals surface area contributed by atoms with Crippen molar-refractivity contribution in [3.8, 4) is 0 Å². The van der Waals surface area contributed by atoms with Crippen LogP contribution in [0.3, 0.4) is 0 Å². The van der Waals surface area contributed by atoms with E-state index in [1.165, 1.54) is 0 Å². The van der Waals surface area contributed by atoms with E-state index in [0.717, 1.165) is 34.6 Å². The van der Waals surface area contributed by atoms with Gasteiger partial charge in [-0.3, -0.25) is 0 Å². The van der Waals surface area contributed by atoms with Gasteiger partial charge in [0.05, 0.1) is 11.4 Å². The second-order valence-corrected chi connectivity index (χ2v) is 5.39. The molecule has 22 heavy (non-hydrogen) atoms. The molecular formula is C18H24N4. The Morgan fingerprint density at radius 2 is 2.00 bits per heavy atom. The van der Waals surface area contributed by atoms with Crippen LogP contribution in [0.25, 0.3) is 5.70 Å². The Hall–Kier alpha value is -2.46. The molecule has 0 aliphatic carbocycles. The molecule has 0 atom stereocenters. The minimum Gasteiger partial charge on any atom is -0.396 e. The van der Waals surface area contributed by atoms with Gasteiger partial charge >= 0.3 is 0 Å². The highest BCUT2D eigenvalue weighted by Gasteiger charge is 2.22. The molecule has 0 radical (unpaired) electrons. The van der Waals surface area contributed by atoms with Crippen molar-refractivity contribution in [3.63, 3.8) is 0 Å². The Balaban J connectivity index is 2.85. The molecule has 4 nitrogen and oxygen atoms in total. The van der Waals surface area contributed by atoms with Gasteiger partial charge in [0, 0.05) is 37.5 Å². The zero-order chi connectivity index (χ0) is 16.3. The second kappa shape index (κ2) is 6.54. The molecule has 1 aliphatic heterocycles. The molecule has 0 amide bonds. The third-order valence-corrected chi connectivity index (χ3v) is 3.80. The van der Waals surface area contributed by atoms with E-state index < -0.39 is 0 Å². The number of benzene rings is 1. The highest BCUT2D eigenvalue weighted by Crippen LogP contribution is 2.33. The minimum atomic E-state index is 0.666. The van der Waals surface area contributed by atoms with Gasteiger partial charge in [-0.25, -0.2) is 5.84 Å². The van der Waals surface area contributed by atoms with E-state index in [0.29, 0.717) is 5.70 Å². The molecule has 4 heteroatoms. The molecule has 0 saturated carbocycles. The topological polar surface area (TPSA) is 58.5 Å². The third kappa shape index (κ3) is 2.78. The van der Waals surface area contributed by atoms with Crippen LogP contribution in [0.5, 0.6) is 0 Å². The maximum atomic E-state index is 6.49. The summed E-state index contributed by atoms with van der Waals surface area (Å²) >= 11 is 0. The number of hydrogen-bond acceptors (Lipinski definition) is 4. The second-order valence-electron chi connectivity index (χ2n) is 5.39. The number of rotatable bonds is 3. The zero-order valence-electron chi connectivity index (χ0n) is 13.5. The van der Waals surface area contributed by atoms with Crippen molar-refractivity contribution in [2.75, 3.05) is 25.5 Å². The van der Waals surface area contributed by atoms with E-state index in [9.17, 15) is 0 Å². The summed E-state index contributed by atoms with van der Waals surface area (Å²) in [7, 11) is 3.86. The largest absolute Gasteiger partial charge is 0.396 e. The predicted molar refractivity (Wildman–Crippen MR) is 94.8 cm³/mol. The number of likely N-dealkylation sites (N-methyl/N-ethyl adjacent to an activating group) is 2. The fourth-order valence-electron chi connectivity index (χ4n) is 2.79.